The van der Waals surface area contributed by atoms with Gasteiger partial charge in [-0.05, 0) is 50.6 Å². The van der Waals surface area contributed by atoms with Crippen LogP contribution in [0.4, 0.5) is 10.5 Å². The summed E-state index contributed by atoms with van der Waals surface area (Å²) in [5, 5.41) is 5.88. The van der Waals surface area contributed by atoms with E-state index in [2.05, 4.69) is 10.6 Å². The van der Waals surface area contributed by atoms with E-state index in [9.17, 15) is 14.4 Å². The van der Waals surface area contributed by atoms with Crippen molar-refractivity contribution in [2.45, 2.75) is 26.3 Å². The molecule has 4 amide bonds. The Labute approximate surface area is 185 Å². The number of carbonyl (C=O) groups is 3. The predicted molar refractivity (Wildman–Crippen MR) is 116 cm³/mol. The third-order valence-electron chi connectivity index (χ3n) is 4.83. The van der Waals surface area contributed by atoms with Gasteiger partial charge < -0.3 is 20.1 Å². The summed E-state index contributed by atoms with van der Waals surface area (Å²) in [4.78, 5) is 39.0. The van der Waals surface area contributed by atoms with Crippen molar-refractivity contribution >= 4 is 35.1 Å². The molecule has 1 unspecified atom stereocenters. The number of urea groups is 1. The quantitative estimate of drug-likeness (QED) is 0.606. The van der Waals surface area contributed by atoms with E-state index < -0.39 is 29.9 Å². The van der Waals surface area contributed by atoms with Gasteiger partial charge in [0, 0.05) is 11.1 Å². The van der Waals surface area contributed by atoms with E-state index in [-0.39, 0.29) is 0 Å². The second-order valence-electron chi connectivity index (χ2n) is 7.03. The first-order valence-corrected chi connectivity index (χ1v) is 10.3. The molecule has 2 N–H and O–H groups in total. The van der Waals surface area contributed by atoms with Crippen molar-refractivity contribution in [1.29, 1.82) is 0 Å². The number of amides is 4. The topological polar surface area (TPSA) is 97.0 Å². The monoisotopic (exact) mass is 445 g/mol. The molecule has 9 heteroatoms. The van der Waals surface area contributed by atoms with E-state index in [1.165, 1.54) is 0 Å². The molecule has 1 heterocycles. The number of ether oxygens (including phenoxy) is 2. The molecule has 164 valence electrons. The Morgan fingerprint density at radius 1 is 1.10 bits per heavy atom. The van der Waals surface area contributed by atoms with Crippen LogP contribution in [0.15, 0.2) is 42.5 Å². The molecule has 0 bridgehead atoms. The van der Waals surface area contributed by atoms with Crippen LogP contribution in [-0.4, -0.2) is 42.5 Å². The lowest BCUT2D eigenvalue weighted by Crippen LogP contribution is -2.42. The highest BCUT2D eigenvalue weighted by Crippen LogP contribution is 2.31. The summed E-state index contributed by atoms with van der Waals surface area (Å²) in [7, 11) is 0. The maximum absolute atomic E-state index is 13.0. The number of imide groups is 1. The SMILES string of the molecule is CCOc1ccc(OCC)c(NC(=O)CN2C(=O)NC(C)(c3ccc(Cl)cc3)C2=O)c1. The van der Waals surface area contributed by atoms with Crippen molar-refractivity contribution in [2.75, 3.05) is 25.1 Å². The van der Waals surface area contributed by atoms with Gasteiger partial charge in [-0.25, -0.2) is 4.79 Å². The zero-order valence-electron chi connectivity index (χ0n) is 17.5. The largest absolute Gasteiger partial charge is 0.494 e. The van der Waals surface area contributed by atoms with Crippen LogP contribution in [0.5, 0.6) is 11.5 Å². The third kappa shape index (κ3) is 4.74. The number of nitrogens with zero attached hydrogens (tertiary/aromatic N) is 1. The molecule has 31 heavy (non-hydrogen) atoms. The number of benzene rings is 2. The highest BCUT2D eigenvalue weighted by molar-refractivity contribution is 6.30. The van der Waals surface area contributed by atoms with Crippen molar-refractivity contribution in [3.8, 4) is 11.5 Å². The van der Waals surface area contributed by atoms with Gasteiger partial charge in [0.2, 0.25) is 5.91 Å². The standard InChI is InChI=1S/C22H24ClN3O5/c1-4-30-16-10-11-18(31-5-2)17(12-16)24-19(27)13-26-20(28)22(3,25-21(26)29)14-6-8-15(23)9-7-14/h6-12H,4-5,13H2,1-3H3,(H,24,27)(H,25,29). The van der Waals surface area contributed by atoms with Crippen LogP contribution < -0.4 is 20.1 Å². The second kappa shape index (κ2) is 9.26. The summed E-state index contributed by atoms with van der Waals surface area (Å²) in [6.45, 7) is 5.69. The summed E-state index contributed by atoms with van der Waals surface area (Å²) >= 11 is 5.91. The van der Waals surface area contributed by atoms with Gasteiger partial charge in [0.25, 0.3) is 5.91 Å². The fraction of sp³-hybridized carbons (Fsp3) is 0.318. The average molecular weight is 446 g/mol. The maximum Gasteiger partial charge on any atom is 0.325 e. The van der Waals surface area contributed by atoms with Crippen molar-refractivity contribution in [2.24, 2.45) is 0 Å². The van der Waals surface area contributed by atoms with E-state index in [0.29, 0.717) is 41.0 Å². The summed E-state index contributed by atoms with van der Waals surface area (Å²) in [6, 6.07) is 11.0. The van der Waals surface area contributed by atoms with Gasteiger partial charge >= 0.3 is 6.03 Å². The van der Waals surface area contributed by atoms with Crippen LogP contribution in [0.1, 0.15) is 26.3 Å². The summed E-state index contributed by atoms with van der Waals surface area (Å²) < 4.78 is 11.0. The van der Waals surface area contributed by atoms with Crippen molar-refractivity contribution in [3.63, 3.8) is 0 Å². The van der Waals surface area contributed by atoms with Gasteiger partial charge in [-0.15, -0.1) is 0 Å². The molecule has 1 fully saturated rings. The van der Waals surface area contributed by atoms with Crippen LogP contribution in [0, 0.1) is 0 Å². The molecule has 2 aromatic carbocycles. The molecule has 0 saturated carbocycles. The molecule has 1 aliphatic rings. The number of carbonyl (C=O) groups excluding carboxylic acids is 3. The Hall–Kier alpha value is -3.26. The minimum absolute atomic E-state index is 0.394. The van der Waals surface area contributed by atoms with E-state index in [4.69, 9.17) is 21.1 Å². The van der Waals surface area contributed by atoms with Crippen molar-refractivity contribution in [3.05, 3.63) is 53.1 Å². The molecule has 0 spiro atoms. The Balaban J connectivity index is 1.76. The van der Waals surface area contributed by atoms with Gasteiger partial charge in [-0.3, -0.25) is 14.5 Å². The average Bonchev–Trinajstić information content (AvgIpc) is 2.94. The minimum atomic E-state index is -1.28. The van der Waals surface area contributed by atoms with Crippen molar-refractivity contribution in [1.82, 2.24) is 10.2 Å². The normalized spacial score (nSPS) is 18.0. The molecule has 1 saturated heterocycles. The van der Waals surface area contributed by atoms with Crippen LogP contribution in [0.25, 0.3) is 0 Å². The Morgan fingerprint density at radius 2 is 1.77 bits per heavy atom. The zero-order chi connectivity index (χ0) is 22.6. The predicted octanol–water partition coefficient (Wildman–Crippen LogP) is 3.54. The summed E-state index contributed by atoms with van der Waals surface area (Å²) in [5.41, 5.74) is -0.320. The number of rotatable bonds is 8. The first-order valence-electron chi connectivity index (χ1n) is 9.88. The molecule has 2 aromatic rings. The number of hydrogen-bond acceptors (Lipinski definition) is 5. The molecule has 0 aliphatic carbocycles. The fourth-order valence-corrected chi connectivity index (χ4v) is 3.42. The highest BCUT2D eigenvalue weighted by atomic mass is 35.5. The highest BCUT2D eigenvalue weighted by Gasteiger charge is 2.49. The van der Waals surface area contributed by atoms with E-state index >= 15 is 0 Å². The maximum atomic E-state index is 13.0. The van der Waals surface area contributed by atoms with E-state index in [1.807, 2.05) is 13.8 Å². The fourth-order valence-electron chi connectivity index (χ4n) is 3.30. The molecule has 1 aliphatic heterocycles. The number of halogens is 1. The van der Waals surface area contributed by atoms with Crippen molar-refractivity contribution < 1.29 is 23.9 Å². The molecule has 3 rings (SSSR count). The molecule has 8 nitrogen and oxygen atoms in total. The van der Waals surface area contributed by atoms with Crippen LogP contribution in [-0.2, 0) is 15.1 Å². The van der Waals surface area contributed by atoms with Gasteiger partial charge in [0.1, 0.15) is 23.6 Å². The Morgan fingerprint density at radius 3 is 2.42 bits per heavy atom. The van der Waals surface area contributed by atoms with Crippen LogP contribution in [0.3, 0.4) is 0 Å². The van der Waals surface area contributed by atoms with Crippen LogP contribution in [0.2, 0.25) is 5.02 Å². The first-order chi connectivity index (χ1) is 14.8. The number of nitrogens with one attached hydrogen (secondary N) is 2. The minimum Gasteiger partial charge on any atom is -0.494 e. The molecule has 0 aromatic heterocycles. The van der Waals surface area contributed by atoms with E-state index in [0.717, 1.165) is 4.90 Å². The second-order valence-corrected chi connectivity index (χ2v) is 7.46. The third-order valence-corrected chi connectivity index (χ3v) is 5.09. The Bertz CT molecular complexity index is 995. The summed E-state index contributed by atoms with van der Waals surface area (Å²) in [6.07, 6.45) is 0. The Kier molecular flexibility index (Phi) is 6.70. The van der Waals surface area contributed by atoms with Gasteiger partial charge in [0.05, 0.1) is 18.9 Å². The molecule has 1 atom stereocenters. The number of anilines is 1. The zero-order valence-corrected chi connectivity index (χ0v) is 18.3. The van der Waals surface area contributed by atoms with Gasteiger partial charge in [-0.2, -0.15) is 0 Å². The lowest BCUT2D eigenvalue weighted by Gasteiger charge is -2.22. The summed E-state index contributed by atoms with van der Waals surface area (Å²) in [5.74, 6) is -0.0457. The lowest BCUT2D eigenvalue weighted by molar-refractivity contribution is -0.133. The smallest absolute Gasteiger partial charge is 0.325 e. The number of hydrogen-bond donors (Lipinski definition) is 2. The van der Waals surface area contributed by atoms with Gasteiger partial charge in [-0.1, -0.05) is 23.7 Å². The van der Waals surface area contributed by atoms with Crippen LogP contribution >= 0.6 is 11.6 Å². The first kappa shape index (κ1) is 22.4. The van der Waals surface area contributed by atoms with Gasteiger partial charge in [0.15, 0.2) is 0 Å². The molecular formula is C22H24ClN3O5. The molecule has 0 radical (unpaired) electrons. The molecular weight excluding hydrogens is 422 g/mol. The lowest BCUT2D eigenvalue weighted by atomic mass is 9.92. The van der Waals surface area contributed by atoms with E-state index in [1.54, 1.807) is 49.4 Å².